The Morgan fingerprint density at radius 2 is 1.83 bits per heavy atom. The normalized spacial score (nSPS) is 14.7. The lowest BCUT2D eigenvalue weighted by Gasteiger charge is -2.22. The highest BCUT2D eigenvalue weighted by Gasteiger charge is 2.13. The zero-order valence-electron chi connectivity index (χ0n) is 17.0. The molecule has 1 aromatic heterocycles. The van der Waals surface area contributed by atoms with Gasteiger partial charge in [0, 0.05) is 36.9 Å². The summed E-state index contributed by atoms with van der Waals surface area (Å²) in [5.41, 5.74) is 6.89. The SMILES string of the molecule is NC(=O)c1ccc(Oc2ncc(CNCCC3CCOCC3)c3ccccc23)cc1. The molecule has 0 saturated carbocycles. The van der Waals surface area contributed by atoms with Crippen molar-refractivity contribution in [2.75, 3.05) is 19.8 Å². The molecule has 1 aliphatic rings. The van der Waals surface area contributed by atoms with Crippen LogP contribution in [0.3, 0.4) is 0 Å². The van der Waals surface area contributed by atoms with Gasteiger partial charge in [-0.2, -0.15) is 0 Å². The standard InChI is InChI=1S/C24H27N3O3/c25-23(28)18-5-7-20(8-6-18)30-24-22-4-2-1-3-21(22)19(16-27-24)15-26-12-9-17-10-13-29-14-11-17/h1-8,16-17,26H,9-15H2,(H2,25,28). The van der Waals surface area contributed by atoms with Gasteiger partial charge in [-0.15, -0.1) is 0 Å². The lowest BCUT2D eigenvalue weighted by molar-refractivity contribution is 0.0639. The largest absolute Gasteiger partial charge is 0.438 e. The Hall–Kier alpha value is -2.96. The summed E-state index contributed by atoms with van der Waals surface area (Å²) < 4.78 is 11.4. The van der Waals surface area contributed by atoms with Crippen molar-refractivity contribution >= 4 is 16.7 Å². The number of hydrogen-bond donors (Lipinski definition) is 2. The zero-order valence-corrected chi connectivity index (χ0v) is 17.0. The number of rotatable bonds is 8. The maximum atomic E-state index is 11.2. The van der Waals surface area contributed by atoms with Gasteiger partial charge in [-0.25, -0.2) is 4.98 Å². The van der Waals surface area contributed by atoms with Crippen molar-refractivity contribution in [2.24, 2.45) is 11.7 Å². The first-order valence-corrected chi connectivity index (χ1v) is 10.4. The summed E-state index contributed by atoms with van der Waals surface area (Å²) >= 11 is 0. The number of primary amides is 1. The lowest BCUT2D eigenvalue weighted by atomic mass is 9.96. The van der Waals surface area contributed by atoms with Gasteiger partial charge in [-0.3, -0.25) is 4.79 Å². The van der Waals surface area contributed by atoms with Crippen molar-refractivity contribution < 1.29 is 14.3 Å². The van der Waals surface area contributed by atoms with Crippen molar-refractivity contribution in [2.45, 2.75) is 25.8 Å². The topological polar surface area (TPSA) is 86.5 Å². The van der Waals surface area contributed by atoms with E-state index in [1.54, 1.807) is 24.3 Å². The smallest absolute Gasteiger partial charge is 0.248 e. The minimum absolute atomic E-state index is 0.447. The first kappa shape index (κ1) is 20.3. The summed E-state index contributed by atoms with van der Waals surface area (Å²) in [7, 11) is 0. The van der Waals surface area contributed by atoms with Gasteiger partial charge >= 0.3 is 0 Å². The van der Waals surface area contributed by atoms with E-state index >= 15 is 0 Å². The predicted octanol–water partition coefficient (Wildman–Crippen LogP) is 4.03. The van der Waals surface area contributed by atoms with Gasteiger partial charge in [0.1, 0.15) is 5.75 Å². The van der Waals surface area contributed by atoms with E-state index in [4.69, 9.17) is 15.2 Å². The number of nitrogens with two attached hydrogens (primary N) is 1. The van der Waals surface area contributed by atoms with Crippen LogP contribution >= 0.6 is 0 Å². The van der Waals surface area contributed by atoms with Gasteiger partial charge in [0.2, 0.25) is 11.8 Å². The molecule has 1 aliphatic heterocycles. The maximum absolute atomic E-state index is 11.2. The van der Waals surface area contributed by atoms with Crippen LogP contribution in [-0.4, -0.2) is 30.6 Å². The summed E-state index contributed by atoms with van der Waals surface area (Å²) in [5, 5.41) is 5.64. The van der Waals surface area contributed by atoms with Crippen LogP contribution in [0.25, 0.3) is 10.8 Å². The van der Waals surface area contributed by atoms with E-state index in [2.05, 4.69) is 16.4 Å². The Kier molecular flexibility index (Phi) is 6.57. The molecule has 2 heterocycles. The number of amides is 1. The van der Waals surface area contributed by atoms with Crippen molar-refractivity contribution in [1.82, 2.24) is 10.3 Å². The van der Waals surface area contributed by atoms with Crippen molar-refractivity contribution in [3.8, 4) is 11.6 Å². The Balaban J connectivity index is 1.43. The fourth-order valence-electron chi connectivity index (χ4n) is 3.81. The minimum Gasteiger partial charge on any atom is -0.438 e. The molecule has 4 rings (SSSR count). The minimum atomic E-state index is -0.459. The van der Waals surface area contributed by atoms with E-state index in [1.807, 2.05) is 24.4 Å². The molecule has 0 atom stereocenters. The summed E-state index contributed by atoms with van der Waals surface area (Å²) in [6.45, 7) is 3.55. The molecular formula is C24H27N3O3. The molecule has 1 fully saturated rings. The van der Waals surface area contributed by atoms with Gasteiger partial charge in [0.05, 0.1) is 0 Å². The number of carbonyl (C=O) groups excluding carboxylic acids is 1. The number of nitrogens with one attached hydrogen (secondary N) is 1. The van der Waals surface area contributed by atoms with Crippen LogP contribution < -0.4 is 15.8 Å². The van der Waals surface area contributed by atoms with Crippen LogP contribution in [0, 0.1) is 5.92 Å². The molecule has 156 valence electrons. The van der Waals surface area contributed by atoms with E-state index < -0.39 is 5.91 Å². The fourth-order valence-corrected chi connectivity index (χ4v) is 3.81. The molecule has 0 bridgehead atoms. The van der Waals surface area contributed by atoms with E-state index in [1.165, 1.54) is 19.3 Å². The first-order chi connectivity index (χ1) is 14.7. The van der Waals surface area contributed by atoms with Crippen LogP contribution in [0.1, 0.15) is 35.2 Å². The molecule has 3 N–H and O–H groups in total. The molecule has 0 unspecified atom stereocenters. The monoisotopic (exact) mass is 405 g/mol. The fraction of sp³-hybridized carbons (Fsp3) is 0.333. The van der Waals surface area contributed by atoms with Crippen LogP contribution in [0.15, 0.2) is 54.7 Å². The Bertz CT molecular complexity index is 998. The van der Waals surface area contributed by atoms with Crippen LogP contribution in [0.5, 0.6) is 11.6 Å². The second-order valence-corrected chi connectivity index (χ2v) is 7.65. The first-order valence-electron chi connectivity index (χ1n) is 10.4. The summed E-state index contributed by atoms with van der Waals surface area (Å²) in [6, 6.07) is 14.9. The molecule has 0 spiro atoms. The molecular weight excluding hydrogens is 378 g/mol. The van der Waals surface area contributed by atoms with E-state index in [0.717, 1.165) is 48.6 Å². The quantitative estimate of drug-likeness (QED) is 0.553. The predicted molar refractivity (Wildman–Crippen MR) is 117 cm³/mol. The van der Waals surface area contributed by atoms with E-state index in [0.29, 0.717) is 17.2 Å². The highest BCUT2D eigenvalue weighted by Crippen LogP contribution is 2.30. The number of benzene rings is 2. The number of hydrogen-bond acceptors (Lipinski definition) is 5. The Labute approximate surface area is 176 Å². The number of carbonyl (C=O) groups is 1. The molecule has 6 heteroatoms. The number of fused-ring (bicyclic) bond motifs is 1. The van der Waals surface area contributed by atoms with Gasteiger partial charge in [0.25, 0.3) is 0 Å². The maximum Gasteiger partial charge on any atom is 0.248 e. The number of pyridine rings is 1. The van der Waals surface area contributed by atoms with Gasteiger partial charge in [-0.05, 0) is 73.0 Å². The number of aromatic nitrogens is 1. The molecule has 1 saturated heterocycles. The molecule has 6 nitrogen and oxygen atoms in total. The average molecular weight is 405 g/mol. The Morgan fingerprint density at radius 3 is 2.57 bits per heavy atom. The molecule has 0 radical (unpaired) electrons. The molecule has 0 aliphatic carbocycles. The lowest BCUT2D eigenvalue weighted by Crippen LogP contribution is -2.22. The molecule has 30 heavy (non-hydrogen) atoms. The third kappa shape index (κ3) is 4.96. The van der Waals surface area contributed by atoms with Crippen molar-refractivity contribution in [3.63, 3.8) is 0 Å². The van der Waals surface area contributed by atoms with E-state index in [9.17, 15) is 4.79 Å². The van der Waals surface area contributed by atoms with Crippen molar-refractivity contribution in [1.29, 1.82) is 0 Å². The third-order valence-electron chi connectivity index (χ3n) is 5.58. The average Bonchev–Trinajstić information content (AvgIpc) is 2.79. The van der Waals surface area contributed by atoms with Crippen molar-refractivity contribution in [3.05, 3.63) is 65.9 Å². The number of nitrogens with zero attached hydrogens (tertiary/aromatic N) is 1. The highest BCUT2D eigenvalue weighted by molar-refractivity contribution is 5.93. The highest BCUT2D eigenvalue weighted by atomic mass is 16.5. The van der Waals surface area contributed by atoms with Gasteiger partial charge < -0.3 is 20.5 Å². The Morgan fingerprint density at radius 1 is 1.10 bits per heavy atom. The number of ether oxygens (including phenoxy) is 2. The molecule has 1 amide bonds. The van der Waals surface area contributed by atoms with Crippen LogP contribution in [0.2, 0.25) is 0 Å². The second kappa shape index (κ2) is 9.69. The van der Waals surface area contributed by atoms with E-state index in [-0.39, 0.29) is 0 Å². The summed E-state index contributed by atoms with van der Waals surface area (Å²) in [5.74, 6) is 1.46. The van der Waals surface area contributed by atoms with Crippen LogP contribution in [-0.2, 0) is 11.3 Å². The summed E-state index contributed by atoms with van der Waals surface area (Å²) in [6.07, 6.45) is 5.38. The van der Waals surface area contributed by atoms with Gasteiger partial charge in [-0.1, -0.05) is 18.2 Å². The molecule has 2 aromatic carbocycles. The zero-order chi connectivity index (χ0) is 20.8. The second-order valence-electron chi connectivity index (χ2n) is 7.65. The third-order valence-corrected chi connectivity index (χ3v) is 5.58. The van der Waals surface area contributed by atoms with Crippen LogP contribution in [0.4, 0.5) is 0 Å². The summed E-state index contributed by atoms with van der Waals surface area (Å²) in [4.78, 5) is 15.8. The van der Waals surface area contributed by atoms with Gasteiger partial charge in [0.15, 0.2) is 0 Å². The molecule has 3 aromatic rings.